The van der Waals surface area contributed by atoms with Gasteiger partial charge in [-0.1, -0.05) is 60.7 Å². The minimum absolute atomic E-state index is 0.726. The summed E-state index contributed by atoms with van der Waals surface area (Å²) in [5, 5.41) is 1.02. The van der Waals surface area contributed by atoms with Crippen LogP contribution in [0.5, 0.6) is 0 Å². The number of nitrogens with zero attached hydrogens (tertiary/aromatic N) is 2. The Labute approximate surface area is 125 Å². The van der Waals surface area contributed by atoms with Gasteiger partial charge in [0.1, 0.15) is 0 Å². The molecule has 0 saturated carbocycles. The molecular weight excluding hydrogens is 256 g/mol. The average molecular weight is 274 g/mol. The summed E-state index contributed by atoms with van der Waals surface area (Å²) in [4.78, 5) is 4.61. The van der Waals surface area contributed by atoms with E-state index < -0.39 is 0 Å². The molecule has 3 aromatic rings. The Hall–Kier alpha value is -2.61. The van der Waals surface area contributed by atoms with Gasteiger partial charge >= 0.3 is 0 Å². The van der Waals surface area contributed by atoms with Gasteiger partial charge in [0.25, 0.3) is 0 Å². The van der Waals surface area contributed by atoms with Crippen molar-refractivity contribution in [1.29, 1.82) is 0 Å². The van der Waals surface area contributed by atoms with Gasteiger partial charge in [-0.3, -0.25) is 4.99 Å². The van der Waals surface area contributed by atoms with Gasteiger partial charge in [-0.05, 0) is 23.3 Å². The molecule has 0 fully saturated rings. The van der Waals surface area contributed by atoms with Crippen LogP contribution in [0.1, 0.15) is 11.1 Å². The van der Waals surface area contributed by atoms with Gasteiger partial charge in [-0.15, -0.1) is 0 Å². The number of pyridine rings is 1. The first-order valence-corrected chi connectivity index (χ1v) is 7.14. The van der Waals surface area contributed by atoms with Crippen LogP contribution in [-0.4, -0.2) is 4.57 Å². The van der Waals surface area contributed by atoms with E-state index in [0.717, 1.165) is 18.4 Å². The van der Waals surface area contributed by atoms with E-state index in [4.69, 9.17) is 0 Å². The van der Waals surface area contributed by atoms with Crippen LogP contribution in [0.2, 0.25) is 0 Å². The Morgan fingerprint density at radius 1 is 0.667 bits per heavy atom. The molecule has 0 atom stereocenters. The SMILES string of the molecule is c1ccc(CN=c2ccn(Cc3ccccc3)cc2)cc1. The molecule has 1 aromatic heterocycles. The van der Waals surface area contributed by atoms with Crippen molar-refractivity contribution in [3.05, 3.63) is 102 Å². The zero-order chi connectivity index (χ0) is 14.3. The molecule has 104 valence electrons. The molecule has 0 radical (unpaired) electrons. The van der Waals surface area contributed by atoms with Gasteiger partial charge in [0, 0.05) is 18.9 Å². The van der Waals surface area contributed by atoms with Crippen molar-refractivity contribution in [2.75, 3.05) is 0 Å². The predicted octanol–water partition coefficient (Wildman–Crippen LogP) is 3.64. The van der Waals surface area contributed by atoms with Crippen LogP contribution < -0.4 is 5.36 Å². The number of rotatable bonds is 4. The highest BCUT2D eigenvalue weighted by Gasteiger charge is 1.92. The van der Waals surface area contributed by atoms with E-state index in [9.17, 15) is 0 Å². The van der Waals surface area contributed by atoms with E-state index in [1.807, 2.05) is 24.3 Å². The molecule has 2 heteroatoms. The molecule has 1 heterocycles. The van der Waals surface area contributed by atoms with Crippen LogP contribution in [0.25, 0.3) is 0 Å². The van der Waals surface area contributed by atoms with Crippen LogP contribution >= 0.6 is 0 Å². The minimum atomic E-state index is 0.726. The van der Waals surface area contributed by atoms with Crippen LogP contribution in [0.3, 0.4) is 0 Å². The van der Waals surface area contributed by atoms with Gasteiger partial charge in [-0.2, -0.15) is 0 Å². The third kappa shape index (κ3) is 3.93. The molecule has 0 spiro atoms. The van der Waals surface area contributed by atoms with Gasteiger partial charge < -0.3 is 4.57 Å². The van der Waals surface area contributed by atoms with Crippen LogP contribution in [0.4, 0.5) is 0 Å². The third-order valence-electron chi connectivity index (χ3n) is 3.37. The van der Waals surface area contributed by atoms with E-state index in [2.05, 4.69) is 70.5 Å². The molecule has 2 aromatic carbocycles. The number of aromatic nitrogens is 1. The molecule has 0 aliphatic carbocycles. The summed E-state index contributed by atoms with van der Waals surface area (Å²) in [6.45, 7) is 1.61. The van der Waals surface area contributed by atoms with Gasteiger partial charge in [-0.25, -0.2) is 0 Å². The Kier molecular flexibility index (Phi) is 4.27. The Morgan fingerprint density at radius 3 is 1.86 bits per heavy atom. The molecule has 0 N–H and O–H groups in total. The summed E-state index contributed by atoms with van der Waals surface area (Å²) >= 11 is 0. The van der Waals surface area contributed by atoms with Crippen molar-refractivity contribution in [3.63, 3.8) is 0 Å². The number of hydrogen-bond acceptors (Lipinski definition) is 1. The van der Waals surface area contributed by atoms with E-state index in [-0.39, 0.29) is 0 Å². The van der Waals surface area contributed by atoms with Crippen molar-refractivity contribution in [3.8, 4) is 0 Å². The van der Waals surface area contributed by atoms with Crippen molar-refractivity contribution in [2.45, 2.75) is 13.1 Å². The van der Waals surface area contributed by atoms with Gasteiger partial charge in [0.2, 0.25) is 0 Å². The normalized spacial score (nSPS) is 10.3. The summed E-state index contributed by atoms with van der Waals surface area (Å²) in [5.74, 6) is 0. The summed E-state index contributed by atoms with van der Waals surface area (Å²) in [5.41, 5.74) is 2.54. The highest BCUT2D eigenvalue weighted by atomic mass is 14.9. The maximum absolute atomic E-state index is 4.61. The first-order chi connectivity index (χ1) is 10.4. The molecule has 0 unspecified atom stereocenters. The smallest absolute Gasteiger partial charge is 0.0646 e. The zero-order valence-electron chi connectivity index (χ0n) is 11.9. The molecule has 0 bridgehead atoms. The lowest BCUT2D eigenvalue weighted by molar-refractivity contribution is 0.785. The Balaban J connectivity index is 1.69. The van der Waals surface area contributed by atoms with Crippen LogP contribution in [-0.2, 0) is 13.1 Å². The molecule has 3 rings (SSSR count). The fraction of sp³-hybridized carbons (Fsp3) is 0.105. The second kappa shape index (κ2) is 6.71. The maximum atomic E-state index is 4.61. The monoisotopic (exact) mass is 274 g/mol. The summed E-state index contributed by atoms with van der Waals surface area (Å²) in [6, 6.07) is 24.9. The summed E-state index contributed by atoms with van der Waals surface area (Å²) < 4.78 is 2.16. The zero-order valence-corrected chi connectivity index (χ0v) is 11.9. The lowest BCUT2D eigenvalue weighted by atomic mass is 10.2. The van der Waals surface area contributed by atoms with E-state index in [0.29, 0.717) is 0 Å². The van der Waals surface area contributed by atoms with Crippen LogP contribution in [0, 0.1) is 0 Å². The maximum Gasteiger partial charge on any atom is 0.0646 e. The summed E-state index contributed by atoms with van der Waals surface area (Å²) in [6.07, 6.45) is 4.16. The minimum Gasteiger partial charge on any atom is -0.350 e. The predicted molar refractivity (Wildman–Crippen MR) is 85.7 cm³/mol. The first kappa shape index (κ1) is 13.4. The van der Waals surface area contributed by atoms with Crippen molar-refractivity contribution in [1.82, 2.24) is 4.57 Å². The van der Waals surface area contributed by atoms with Crippen molar-refractivity contribution >= 4 is 0 Å². The van der Waals surface area contributed by atoms with Crippen molar-refractivity contribution < 1.29 is 0 Å². The fourth-order valence-electron chi connectivity index (χ4n) is 2.22. The second-order valence-electron chi connectivity index (χ2n) is 5.02. The third-order valence-corrected chi connectivity index (χ3v) is 3.37. The van der Waals surface area contributed by atoms with Crippen molar-refractivity contribution in [2.24, 2.45) is 4.99 Å². The quantitative estimate of drug-likeness (QED) is 0.691. The van der Waals surface area contributed by atoms with E-state index in [1.54, 1.807) is 0 Å². The lowest BCUT2D eigenvalue weighted by Gasteiger charge is -2.05. The van der Waals surface area contributed by atoms with Crippen LogP contribution in [0.15, 0.2) is 90.2 Å². The highest BCUT2D eigenvalue weighted by Crippen LogP contribution is 2.01. The molecule has 0 aliphatic rings. The fourth-order valence-corrected chi connectivity index (χ4v) is 2.22. The lowest BCUT2D eigenvalue weighted by Crippen LogP contribution is -2.06. The topological polar surface area (TPSA) is 17.3 Å². The first-order valence-electron chi connectivity index (χ1n) is 7.14. The number of benzene rings is 2. The standard InChI is InChI=1S/C19H18N2/c1-3-7-17(8-4-1)15-20-19-11-13-21(14-12-19)16-18-9-5-2-6-10-18/h1-14H,15-16H2. The Bertz CT molecular complexity index is 723. The van der Waals surface area contributed by atoms with E-state index in [1.165, 1.54) is 11.1 Å². The van der Waals surface area contributed by atoms with Gasteiger partial charge in [0.15, 0.2) is 0 Å². The van der Waals surface area contributed by atoms with E-state index >= 15 is 0 Å². The average Bonchev–Trinajstić information content (AvgIpc) is 2.56. The highest BCUT2D eigenvalue weighted by molar-refractivity contribution is 5.16. The molecule has 0 amide bonds. The molecule has 21 heavy (non-hydrogen) atoms. The Morgan fingerprint density at radius 2 is 1.24 bits per heavy atom. The number of hydrogen-bond donors (Lipinski definition) is 0. The molecule has 2 nitrogen and oxygen atoms in total. The van der Waals surface area contributed by atoms with Gasteiger partial charge in [0.05, 0.1) is 11.9 Å². The second-order valence-corrected chi connectivity index (χ2v) is 5.02. The molecular formula is C19H18N2. The summed E-state index contributed by atoms with van der Waals surface area (Å²) in [7, 11) is 0. The molecule has 0 aliphatic heterocycles. The largest absolute Gasteiger partial charge is 0.350 e. The molecule has 0 saturated heterocycles.